The second-order valence-electron chi connectivity index (χ2n) is 7.59. The normalized spacial score (nSPS) is 10.9. The Morgan fingerprint density at radius 3 is 2.59 bits per heavy atom. The second kappa shape index (κ2) is 11.1. The molecule has 0 aliphatic carbocycles. The van der Waals surface area contributed by atoms with Gasteiger partial charge in [0.25, 0.3) is 0 Å². The number of aryl methyl sites for hydroxylation is 2. The van der Waals surface area contributed by atoms with Crippen LogP contribution < -0.4 is 9.47 Å². The zero-order chi connectivity index (χ0) is 23.8. The Morgan fingerprint density at radius 2 is 1.85 bits per heavy atom. The van der Waals surface area contributed by atoms with E-state index >= 15 is 0 Å². The molecule has 0 spiro atoms. The minimum absolute atomic E-state index is 0.0262. The molecule has 0 bridgehead atoms. The van der Waals surface area contributed by atoms with Crippen molar-refractivity contribution in [2.75, 3.05) is 13.2 Å². The summed E-state index contributed by atoms with van der Waals surface area (Å²) in [6, 6.07) is 17.1. The number of hydrogen-bond acceptors (Lipinski definition) is 6. The van der Waals surface area contributed by atoms with E-state index in [0.29, 0.717) is 37.8 Å². The minimum atomic E-state index is -0.848. The van der Waals surface area contributed by atoms with Crippen molar-refractivity contribution in [3.05, 3.63) is 78.2 Å². The third-order valence-electron chi connectivity index (χ3n) is 5.11. The molecule has 0 atom stereocenters. The summed E-state index contributed by atoms with van der Waals surface area (Å²) in [5.41, 5.74) is 2.63. The fourth-order valence-corrected chi connectivity index (χ4v) is 3.54. The third-order valence-corrected chi connectivity index (χ3v) is 5.11. The Balaban J connectivity index is 1.41. The smallest absolute Gasteiger partial charge is 0.303 e. The van der Waals surface area contributed by atoms with Gasteiger partial charge in [0.15, 0.2) is 5.82 Å². The summed E-state index contributed by atoms with van der Waals surface area (Å²) in [7, 11) is 0. The molecule has 0 unspecified atom stereocenters. The Hall–Kier alpha value is -4.14. The van der Waals surface area contributed by atoms with Gasteiger partial charge in [0.05, 0.1) is 25.3 Å². The van der Waals surface area contributed by atoms with Crippen molar-refractivity contribution in [3.8, 4) is 23.3 Å². The SMILES string of the molecule is CCOc1nn(-c2ccccn2)cc1CCCOc1cc(CCC(=O)O)n(-c2ccccc2)n1. The van der Waals surface area contributed by atoms with Gasteiger partial charge < -0.3 is 14.6 Å². The average Bonchev–Trinajstić information content (AvgIpc) is 3.46. The first-order chi connectivity index (χ1) is 16.6. The number of aromatic nitrogens is 5. The highest BCUT2D eigenvalue weighted by atomic mass is 16.5. The summed E-state index contributed by atoms with van der Waals surface area (Å²) >= 11 is 0. The van der Waals surface area contributed by atoms with Crippen LogP contribution in [0.5, 0.6) is 11.8 Å². The van der Waals surface area contributed by atoms with Crippen molar-refractivity contribution in [2.45, 2.75) is 32.6 Å². The molecule has 0 aliphatic rings. The quantitative estimate of drug-likeness (QED) is 0.319. The van der Waals surface area contributed by atoms with Crippen LogP contribution in [0.2, 0.25) is 0 Å². The fraction of sp³-hybridized carbons (Fsp3) is 0.280. The van der Waals surface area contributed by atoms with Gasteiger partial charge in [-0.1, -0.05) is 24.3 Å². The number of nitrogens with zero attached hydrogens (tertiary/aromatic N) is 5. The maximum Gasteiger partial charge on any atom is 0.303 e. The lowest BCUT2D eigenvalue weighted by molar-refractivity contribution is -0.136. The van der Waals surface area contributed by atoms with Crippen molar-refractivity contribution in [1.29, 1.82) is 0 Å². The molecule has 3 heterocycles. The molecule has 9 nitrogen and oxygen atoms in total. The number of ether oxygens (including phenoxy) is 2. The highest BCUT2D eigenvalue weighted by molar-refractivity contribution is 5.67. The highest BCUT2D eigenvalue weighted by Crippen LogP contribution is 2.22. The lowest BCUT2D eigenvalue weighted by atomic mass is 10.2. The zero-order valence-electron chi connectivity index (χ0n) is 19.0. The summed E-state index contributed by atoms with van der Waals surface area (Å²) < 4.78 is 15.1. The summed E-state index contributed by atoms with van der Waals surface area (Å²) in [5, 5.41) is 18.1. The number of rotatable bonds is 12. The van der Waals surface area contributed by atoms with Crippen LogP contribution in [0.4, 0.5) is 0 Å². The first-order valence-electron chi connectivity index (χ1n) is 11.3. The molecule has 176 valence electrons. The largest absolute Gasteiger partial charge is 0.481 e. The molecule has 4 aromatic rings. The molecular weight excluding hydrogens is 434 g/mol. The van der Waals surface area contributed by atoms with Crippen LogP contribution in [-0.2, 0) is 17.6 Å². The predicted molar refractivity (Wildman–Crippen MR) is 126 cm³/mol. The van der Waals surface area contributed by atoms with Crippen LogP contribution in [-0.4, -0.2) is 48.8 Å². The Labute approximate surface area is 197 Å². The van der Waals surface area contributed by atoms with Crippen LogP contribution in [0.25, 0.3) is 11.5 Å². The van der Waals surface area contributed by atoms with Crippen molar-refractivity contribution < 1.29 is 19.4 Å². The standard InChI is InChI=1S/C25H27N5O4/c1-2-33-25-19(18-29(28-25)22-12-6-7-15-26-22)9-8-16-34-23-17-21(13-14-24(31)32)30(27-23)20-10-4-3-5-11-20/h3-7,10-12,15,17-18H,2,8-9,13-14,16H2,1H3,(H,31,32). The zero-order valence-corrected chi connectivity index (χ0v) is 19.0. The lowest BCUT2D eigenvalue weighted by Gasteiger charge is -2.06. The summed E-state index contributed by atoms with van der Waals surface area (Å²) in [6.45, 7) is 2.90. The number of carboxylic acids is 1. The second-order valence-corrected chi connectivity index (χ2v) is 7.59. The molecule has 0 amide bonds. The number of para-hydroxylation sites is 1. The Bertz CT molecular complexity index is 1200. The summed E-state index contributed by atoms with van der Waals surface area (Å²) in [6.07, 6.45) is 5.50. The molecule has 0 aliphatic heterocycles. The highest BCUT2D eigenvalue weighted by Gasteiger charge is 2.14. The van der Waals surface area contributed by atoms with Gasteiger partial charge in [-0.25, -0.2) is 14.3 Å². The van der Waals surface area contributed by atoms with Gasteiger partial charge in [0, 0.05) is 36.1 Å². The molecule has 0 fully saturated rings. The number of benzene rings is 1. The lowest BCUT2D eigenvalue weighted by Crippen LogP contribution is -2.05. The van der Waals surface area contributed by atoms with E-state index in [1.165, 1.54) is 0 Å². The molecule has 3 aromatic heterocycles. The third kappa shape index (κ3) is 5.80. The maximum absolute atomic E-state index is 11.1. The molecule has 0 radical (unpaired) electrons. The van der Waals surface area contributed by atoms with Gasteiger partial charge in [-0.2, -0.15) is 0 Å². The van der Waals surface area contributed by atoms with Crippen molar-refractivity contribution in [2.24, 2.45) is 0 Å². The van der Waals surface area contributed by atoms with E-state index in [1.54, 1.807) is 21.6 Å². The van der Waals surface area contributed by atoms with E-state index in [-0.39, 0.29) is 6.42 Å². The number of pyridine rings is 1. The number of carbonyl (C=O) groups is 1. The van der Waals surface area contributed by atoms with Crippen molar-refractivity contribution in [1.82, 2.24) is 24.5 Å². The van der Waals surface area contributed by atoms with Crippen molar-refractivity contribution >= 4 is 5.97 Å². The Morgan fingerprint density at radius 1 is 1.03 bits per heavy atom. The predicted octanol–water partition coefficient (Wildman–Crippen LogP) is 3.88. The average molecular weight is 462 g/mol. The monoisotopic (exact) mass is 461 g/mol. The van der Waals surface area contributed by atoms with Crippen LogP contribution in [0.1, 0.15) is 31.0 Å². The van der Waals surface area contributed by atoms with Crippen LogP contribution in [0.3, 0.4) is 0 Å². The molecule has 1 aromatic carbocycles. The van der Waals surface area contributed by atoms with Gasteiger partial charge in [-0.3, -0.25) is 4.79 Å². The summed E-state index contributed by atoms with van der Waals surface area (Å²) in [5.74, 6) is 0.946. The van der Waals surface area contributed by atoms with Crippen molar-refractivity contribution in [3.63, 3.8) is 0 Å². The summed E-state index contributed by atoms with van der Waals surface area (Å²) in [4.78, 5) is 15.4. The van der Waals surface area contributed by atoms with Gasteiger partial charge in [0.2, 0.25) is 11.8 Å². The van der Waals surface area contributed by atoms with Crippen LogP contribution in [0, 0.1) is 0 Å². The van der Waals surface area contributed by atoms with Crippen LogP contribution in [0.15, 0.2) is 67.0 Å². The van der Waals surface area contributed by atoms with E-state index in [1.807, 2.05) is 61.7 Å². The van der Waals surface area contributed by atoms with Gasteiger partial charge in [0.1, 0.15) is 0 Å². The molecule has 0 saturated heterocycles. The Kier molecular flexibility index (Phi) is 7.54. The molecule has 1 N–H and O–H groups in total. The van der Waals surface area contributed by atoms with E-state index in [2.05, 4.69) is 15.2 Å². The van der Waals surface area contributed by atoms with Gasteiger partial charge in [-0.15, -0.1) is 10.2 Å². The van der Waals surface area contributed by atoms with E-state index < -0.39 is 5.97 Å². The van der Waals surface area contributed by atoms with E-state index in [9.17, 15) is 4.79 Å². The molecular formula is C25H27N5O4. The van der Waals surface area contributed by atoms with E-state index in [4.69, 9.17) is 14.6 Å². The molecule has 0 saturated carbocycles. The molecule has 4 rings (SSSR count). The number of aliphatic carboxylic acids is 1. The van der Waals surface area contributed by atoms with Crippen LogP contribution >= 0.6 is 0 Å². The fourth-order valence-electron chi connectivity index (χ4n) is 3.54. The number of carboxylic acid groups (broad SMARTS) is 1. The first-order valence-corrected chi connectivity index (χ1v) is 11.3. The minimum Gasteiger partial charge on any atom is -0.481 e. The molecule has 34 heavy (non-hydrogen) atoms. The molecule has 9 heteroatoms. The maximum atomic E-state index is 11.1. The number of hydrogen-bond donors (Lipinski definition) is 1. The first kappa shape index (κ1) is 23.0. The van der Waals surface area contributed by atoms with Gasteiger partial charge >= 0.3 is 5.97 Å². The topological polar surface area (TPSA) is 104 Å². The van der Waals surface area contributed by atoms with E-state index in [0.717, 1.165) is 29.2 Å². The van der Waals surface area contributed by atoms with Gasteiger partial charge in [-0.05, 0) is 44.0 Å².